The number of carbonyl (C=O) groups is 2. The van der Waals surface area contributed by atoms with Gasteiger partial charge in [0.2, 0.25) is 5.91 Å². The number of nitrogens with zero attached hydrogens (tertiary/aromatic N) is 1. The zero-order valence-electron chi connectivity index (χ0n) is 14.6. The Kier molecular flexibility index (Phi) is 6.09. The molecule has 6 nitrogen and oxygen atoms in total. The van der Waals surface area contributed by atoms with Gasteiger partial charge in [-0.3, -0.25) is 9.59 Å². The first-order chi connectivity index (χ1) is 12.1. The van der Waals surface area contributed by atoms with E-state index in [9.17, 15) is 22.8 Å². The Bertz CT molecular complexity index is 673. The third-order valence-electron chi connectivity index (χ3n) is 3.92. The first-order valence-electron chi connectivity index (χ1n) is 8.38. The summed E-state index contributed by atoms with van der Waals surface area (Å²) in [6, 6.07) is -0.186. The molecule has 1 aromatic rings. The lowest BCUT2D eigenvalue weighted by atomic mass is 10.0. The Morgan fingerprint density at radius 2 is 2.04 bits per heavy atom. The van der Waals surface area contributed by atoms with Crippen LogP contribution >= 0.6 is 0 Å². The van der Waals surface area contributed by atoms with E-state index < -0.39 is 29.6 Å². The number of ether oxygens (including phenoxy) is 1. The minimum atomic E-state index is -4.60. The van der Waals surface area contributed by atoms with Crippen molar-refractivity contribution >= 4 is 11.8 Å². The molecule has 1 fully saturated rings. The molecule has 0 unspecified atom stereocenters. The third kappa shape index (κ3) is 5.60. The van der Waals surface area contributed by atoms with Crippen LogP contribution in [0.1, 0.15) is 49.2 Å². The fourth-order valence-electron chi connectivity index (χ4n) is 2.32. The second-order valence-electron chi connectivity index (χ2n) is 6.88. The van der Waals surface area contributed by atoms with Crippen LogP contribution < -0.4 is 15.8 Å². The number of hydrogen-bond acceptors (Lipinski definition) is 4. The van der Waals surface area contributed by atoms with Gasteiger partial charge >= 0.3 is 6.18 Å². The highest BCUT2D eigenvalue weighted by Crippen LogP contribution is 2.34. The van der Waals surface area contributed by atoms with Crippen molar-refractivity contribution in [1.82, 2.24) is 10.3 Å². The minimum absolute atomic E-state index is 0.0824. The van der Waals surface area contributed by atoms with Gasteiger partial charge in [-0.1, -0.05) is 13.8 Å². The number of nitrogens with one attached hydrogen (secondary N) is 1. The molecule has 0 aromatic carbocycles. The summed E-state index contributed by atoms with van der Waals surface area (Å²) in [5.74, 6) is -1.41. The number of alkyl halides is 3. The predicted octanol–water partition coefficient (Wildman–Crippen LogP) is 2.52. The number of pyridine rings is 1. The minimum Gasteiger partial charge on any atom is -0.491 e. The van der Waals surface area contributed by atoms with Crippen molar-refractivity contribution in [3.8, 4) is 5.75 Å². The number of nitrogens with two attached hydrogens (primary N) is 1. The van der Waals surface area contributed by atoms with Gasteiger partial charge in [0, 0.05) is 6.20 Å². The van der Waals surface area contributed by atoms with Crippen LogP contribution in [-0.4, -0.2) is 29.4 Å². The average Bonchev–Trinajstić information content (AvgIpc) is 3.34. The van der Waals surface area contributed by atoms with Gasteiger partial charge in [0.25, 0.3) is 5.91 Å². The fourth-order valence-corrected chi connectivity index (χ4v) is 2.32. The van der Waals surface area contributed by atoms with Gasteiger partial charge in [-0.05, 0) is 37.2 Å². The lowest BCUT2D eigenvalue weighted by Crippen LogP contribution is -2.45. The maximum absolute atomic E-state index is 12.9. The molecule has 2 amide bonds. The quantitative estimate of drug-likeness (QED) is 0.732. The van der Waals surface area contributed by atoms with Gasteiger partial charge in [0.1, 0.15) is 6.04 Å². The van der Waals surface area contributed by atoms with Crippen LogP contribution in [0.15, 0.2) is 12.3 Å². The van der Waals surface area contributed by atoms with E-state index in [1.165, 1.54) is 0 Å². The van der Waals surface area contributed by atoms with Crippen LogP contribution in [0.3, 0.4) is 0 Å². The standard InChI is InChI=1S/C17H22F3N3O3/c1-9(2)5-12(15(21)24)23-16(25)14-13(26-8-10-3-4-10)6-11(7-22-14)17(18,19)20/h6-7,9-10,12H,3-5,8H2,1-2H3,(H2,21,24)(H,23,25)/t12-/m0/s1. The van der Waals surface area contributed by atoms with E-state index in [0.29, 0.717) is 12.6 Å². The monoisotopic (exact) mass is 373 g/mol. The SMILES string of the molecule is CC(C)C[C@H](NC(=O)c1ncc(C(F)(F)F)cc1OCC1CC1)C(N)=O. The number of amides is 2. The maximum Gasteiger partial charge on any atom is 0.418 e. The highest BCUT2D eigenvalue weighted by Gasteiger charge is 2.33. The third-order valence-corrected chi connectivity index (χ3v) is 3.92. The molecule has 0 saturated heterocycles. The largest absolute Gasteiger partial charge is 0.491 e. The Hall–Kier alpha value is -2.32. The van der Waals surface area contributed by atoms with Crippen LogP contribution in [0, 0.1) is 11.8 Å². The van der Waals surface area contributed by atoms with Gasteiger partial charge in [-0.25, -0.2) is 4.98 Å². The van der Waals surface area contributed by atoms with Crippen LogP contribution in [-0.2, 0) is 11.0 Å². The first-order valence-corrected chi connectivity index (χ1v) is 8.38. The average molecular weight is 373 g/mol. The molecule has 1 aliphatic rings. The summed E-state index contributed by atoms with van der Waals surface area (Å²) in [7, 11) is 0. The molecule has 1 atom stereocenters. The highest BCUT2D eigenvalue weighted by atomic mass is 19.4. The molecule has 0 aliphatic heterocycles. The summed E-state index contributed by atoms with van der Waals surface area (Å²) >= 11 is 0. The molecule has 1 aliphatic carbocycles. The molecule has 0 bridgehead atoms. The fraction of sp³-hybridized carbons (Fsp3) is 0.588. The van der Waals surface area contributed by atoms with E-state index in [4.69, 9.17) is 10.5 Å². The topological polar surface area (TPSA) is 94.3 Å². The van der Waals surface area contributed by atoms with E-state index in [2.05, 4.69) is 10.3 Å². The van der Waals surface area contributed by atoms with E-state index >= 15 is 0 Å². The van der Waals surface area contributed by atoms with E-state index in [-0.39, 0.29) is 29.9 Å². The number of hydrogen-bond donors (Lipinski definition) is 2. The summed E-state index contributed by atoms with van der Waals surface area (Å²) in [6.07, 6.45) is -1.86. The Labute approximate surface area is 149 Å². The molecule has 1 saturated carbocycles. The number of primary amides is 1. The van der Waals surface area contributed by atoms with Crippen LogP contribution in [0.2, 0.25) is 0 Å². The molecule has 1 aromatic heterocycles. The predicted molar refractivity (Wildman–Crippen MR) is 87.4 cm³/mol. The lowest BCUT2D eigenvalue weighted by molar-refractivity contribution is -0.138. The van der Waals surface area contributed by atoms with E-state index in [1.807, 2.05) is 13.8 Å². The number of rotatable bonds is 8. The molecule has 9 heteroatoms. The molecule has 0 spiro atoms. The van der Waals surface area contributed by atoms with Crippen molar-refractivity contribution in [3.63, 3.8) is 0 Å². The Morgan fingerprint density at radius 1 is 1.38 bits per heavy atom. The van der Waals surface area contributed by atoms with Crippen molar-refractivity contribution in [2.24, 2.45) is 17.6 Å². The maximum atomic E-state index is 12.9. The van der Waals surface area contributed by atoms with Crippen molar-refractivity contribution in [2.45, 2.75) is 45.3 Å². The molecule has 144 valence electrons. The normalized spacial score (nSPS) is 15.6. The zero-order chi connectivity index (χ0) is 19.5. The molecule has 26 heavy (non-hydrogen) atoms. The zero-order valence-corrected chi connectivity index (χ0v) is 14.6. The Morgan fingerprint density at radius 3 is 2.54 bits per heavy atom. The van der Waals surface area contributed by atoms with Crippen molar-refractivity contribution in [1.29, 1.82) is 0 Å². The van der Waals surface area contributed by atoms with Gasteiger partial charge < -0.3 is 15.8 Å². The molecular formula is C17H22F3N3O3. The summed E-state index contributed by atoms with van der Waals surface area (Å²) in [5, 5.41) is 2.43. The second kappa shape index (κ2) is 7.92. The van der Waals surface area contributed by atoms with E-state index in [0.717, 1.165) is 18.9 Å². The lowest BCUT2D eigenvalue weighted by Gasteiger charge is -2.18. The number of halogens is 3. The smallest absolute Gasteiger partial charge is 0.418 e. The number of aromatic nitrogens is 1. The summed E-state index contributed by atoms with van der Waals surface area (Å²) < 4.78 is 44.1. The van der Waals surface area contributed by atoms with Gasteiger partial charge in [-0.2, -0.15) is 13.2 Å². The molecule has 3 N–H and O–H groups in total. The summed E-state index contributed by atoms with van der Waals surface area (Å²) in [6.45, 7) is 3.92. The van der Waals surface area contributed by atoms with Gasteiger partial charge in [-0.15, -0.1) is 0 Å². The van der Waals surface area contributed by atoms with Crippen molar-refractivity contribution < 1.29 is 27.5 Å². The molecule has 2 rings (SSSR count). The summed E-state index contributed by atoms with van der Waals surface area (Å²) in [5.41, 5.74) is 3.98. The van der Waals surface area contributed by atoms with Crippen LogP contribution in [0.5, 0.6) is 5.75 Å². The van der Waals surface area contributed by atoms with Gasteiger partial charge in [0.15, 0.2) is 11.4 Å². The molecule has 1 heterocycles. The summed E-state index contributed by atoms with van der Waals surface area (Å²) in [4.78, 5) is 27.6. The number of carbonyl (C=O) groups excluding carboxylic acids is 2. The molecular weight excluding hydrogens is 351 g/mol. The molecule has 0 radical (unpaired) electrons. The Balaban J connectivity index is 2.23. The second-order valence-corrected chi connectivity index (χ2v) is 6.88. The van der Waals surface area contributed by atoms with E-state index in [1.54, 1.807) is 0 Å². The van der Waals surface area contributed by atoms with Crippen molar-refractivity contribution in [2.75, 3.05) is 6.61 Å². The highest BCUT2D eigenvalue weighted by molar-refractivity contribution is 5.97. The van der Waals surface area contributed by atoms with Gasteiger partial charge in [0.05, 0.1) is 12.2 Å². The first kappa shape index (κ1) is 20.0. The van der Waals surface area contributed by atoms with Crippen LogP contribution in [0.4, 0.5) is 13.2 Å². The van der Waals surface area contributed by atoms with Crippen LogP contribution in [0.25, 0.3) is 0 Å². The van der Waals surface area contributed by atoms with Crippen molar-refractivity contribution in [3.05, 3.63) is 23.5 Å².